The third-order valence-corrected chi connectivity index (χ3v) is 9.55. The molecule has 2 amide bonds. The number of aryl methyl sites for hydroxylation is 4. The van der Waals surface area contributed by atoms with Gasteiger partial charge in [0.15, 0.2) is 0 Å². The molecule has 2 aromatic heterocycles. The molecule has 8 heteroatoms. The Morgan fingerprint density at radius 3 is 1.50 bits per heavy atom. The van der Waals surface area contributed by atoms with Gasteiger partial charge in [0.1, 0.15) is 0 Å². The SMILES string of the molecule is Cc1[nH]nc2ccc(CN3C(=O)N(Cc4ccc5n[nH]c(C)c5c4)[C@H](CCc4ccccc4)C(O)[C@H]3CCc3ccccc3)cc12. The number of fused-ring (bicyclic) bond motifs is 2. The van der Waals surface area contributed by atoms with Crippen LogP contribution in [0.3, 0.4) is 0 Å². The Kier molecular flexibility index (Phi) is 8.28. The van der Waals surface area contributed by atoms with E-state index >= 15 is 0 Å². The molecule has 46 heavy (non-hydrogen) atoms. The van der Waals surface area contributed by atoms with Crippen molar-refractivity contribution in [2.24, 2.45) is 0 Å². The summed E-state index contributed by atoms with van der Waals surface area (Å²) in [5.74, 6) is 0. The molecular formula is C38H40N6O2. The molecule has 0 spiro atoms. The summed E-state index contributed by atoms with van der Waals surface area (Å²) >= 11 is 0. The third kappa shape index (κ3) is 6.00. The van der Waals surface area contributed by atoms with Crippen molar-refractivity contribution in [1.82, 2.24) is 30.2 Å². The lowest BCUT2D eigenvalue weighted by molar-refractivity contribution is -0.0477. The Hall–Kier alpha value is -4.95. The van der Waals surface area contributed by atoms with Crippen LogP contribution >= 0.6 is 0 Å². The largest absolute Gasteiger partial charge is 0.389 e. The maximum Gasteiger partial charge on any atom is 0.321 e. The highest BCUT2D eigenvalue weighted by Gasteiger charge is 2.45. The number of aliphatic hydroxyl groups is 1. The van der Waals surface area contributed by atoms with Gasteiger partial charge in [0.25, 0.3) is 0 Å². The molecule has 0 bridgehead atoms. The first-order valence-electron chi connectivity index (χ1n) is 16.1. The molecule has 3 N–H and O–H groups in total. The number of aliphatic hydroxyl groups excluding tert-OH is 1. The van der Waals surface area contributed by atoms with Gasteiger partial charge in [-0.15, -0.1) is 0 Å². The van der Waals surface area contributed by atoms with E-state index in [0.717, 1.165) is 57.2 Å². The van der Waals surface area contributed by atoms with Gasteiger partial charge >= 0.3 is 6.03 Å². The highest BCUT2D eigenvalue weighted by atomic mass is 16.3. The highest BCUT2D eigenvalue weighted by Crippen LogP contribution is 2.32. The van der Waals surface area contributed by atoms with Gasteiger partial charge in [-0.05, 0) is 86.1 Å². The minimum absolute atomic E-state index is 0.0468. The number of H-pyrrole nitrogens is 2. The molecule has 0 aliphatic carbocycles. The zero-order valence-electron chi connectivity index (χ0n) is 26.4. The van der Waals surface area contributed by atoms with Crippen LogP contribution in [0.5, 0.6) is 0 Å². The van der Waals surface area contributed by atoms with Crippen molar-refractivity contribution >= 4 is 27.8 Å². The lowest BCUT2D eigenvalue weighted by atomic mass is 9.88. The predicted octanol–water partition coefficient (Wildman–Crippen LogP) is 6.86. The summed E-state index contributed by atoms with van der Waals surface area (Å²) in [5.41, 5.74) is 8.22. The quantitative estimate of drug-likeness (QED) is 0.157. The summed E-state index contributed by atoms with van der Waals surface area (Å²) in [6.07, 6.45) is 2.14. The van der Waals surface area contributed by atoms with Gasteiger partial charge in [-0.1, -0.05) is 72.8 Å². The van der Waals surface area contributed by atoms with Crippen LogP contribution in [-0.2, 0) is 25.9 Å². The Morgan fingerprint density at radius 1 is 0.630 bits per heavy atom. The predicted molar refractivity (Wildman–Crippen MR) is 181 cm³/mol. The van der Waals surface area contributed by atoms with Crippen LogP contribution in [-0.4, -0.2) is 59.5 Å². The Balaban J connectivity index is 1.25. The van der Waals surface area contributed by atoms with E-state index in [4.69, 9.17) is 0 Å². The summed E-state index contributed by atoms with van der Waals surface area (Å²) in [6, 6.07) is 32.2. The number of carbonyl (C=O) groups is 1. The molecule has 0 saturated carbocycles. The summed E-state index contributed by atoms with van der Waals surface area (Å²) in [4.78, 5) is 18.6. The fourth-order valence-electron chi connectivity index (χ4n) is 6.98. The number of nitrogens with one attached hydrogen (secondary N) is 2. The second kappa shape index (κ2) is 12.8. The zero-order chi connectivity index (χ0) is 31.6. The van der Waals surface area contributed by atoms with Gasteiger partial charge in [-0.25, -0.2) is 4.79 Å². The molecule has 1 aliphatic heterocycles. The number of rotatable bonds is 10. The van der Waals surface area contributed by atoms with Gasteiger partial charge in [0.05, 0.1) is 29.2 Å². The van der Waals surface area contributed by atoms with E-state index in [9.17, 15) is 9.90 Å². The molecular weight excluding hydrogens is 572 g/mol. The van der Waals surface area contributed by atoms with Crippen molar-refractivity contribution in [2.45, 2.75) is 70.8 Å². The second-order valence-corrected chi connectivity index (χ2v) is 12.6. The maximum absolute atomic E-state index is 14.8. The van der Waals surface area contributed by atoms with Crippen LogP contribution in [0.4, 0.5) is 4.79 Å². The number of hydrogen-bond donors (Lipinski definition) is 3. The summed E-state index contributed by atoms with van der Waals surface area (Å²) in [5, 5.41) is 29.3. The molecule has 8 nitrogen and oxygen atoms in total. The summed E-state index contributed by atoms with van der Waals surface area (Å²) in [7, 11) is 0. The standard InChI is InChI=1S/C38H40N6O2/c1-25-31-21-29(13-17-33(31)41-39-25)23-43-35(19-15-27-9-5-3-6-10-27)37(45)36(20-16-28-11-7-4-8-12-28)44(38(43)46)24-30-14-18-34-32(22-30)26(2)40-42-34/h3-14,17-18,21-22,35-37,45H,15-16,19-20,23-24H2,1-2H3,(H,39,41)(H,40,42)/t35-,36-/m1/s1. The molecule has 234 valence electrons. The number of hydrogen-bond acceptors (Lipinski definition) is 4. The van der Waals surface area contributed by atoms with Crippen molar-refractivity contribution in [2.75, 3.05) is 0 Å². The van der Waals surface area contributed by atoms with Gasteiger partial charge in [-0.3, -0.25) is 10.2 Å². The molecule has 7 rings (SSSR count). The smallest absolute Gasteiger partial charge is 0.321 e. The van der Waals surface area contributed by atoms with E-state index in [0.29, 0.717) is 25.9 Å². The molecule has 1 saturated heterocycles. The number of benzene rings is 4. The molecule has 0 unspecified atom stereocenters. The molecule has 6 aromatic rings. The maximum atomic E-state index is 14.8. The summed E-state index contributed by atoms with van der Waals surface area (Å²) in [6.45, 7) is 4.82. The normalized spacial score (nSPS) is 17.4. The Labute approximate surface area is 269 Å². The van der Waals surface area contributed by atoms with Gasteiger partial charge in [-0.2, -0.15) is 10.2 Å². The number of urea groups is 1. The monoisotopic (exact) mass is 612 g/mol. The van der Waals surface area contributed by atoms with Crippen molar-refractivity contribution in [3.05, 3.63) is 131 Å². The van der Waals surface area contributed by atoms with Crippen LogP contribution in [0.2, 0.25) is 0 Å². The minimum Gasteiger partial charge on any atom is -0.389 e. The van der Waals surface area contributed by atoms with Crippen molar-refractivity contribution in [3.63, 3.8) is 0 Å². The van der Waals surface area contributed by atoms with Crippen LogP contribution in [0.15, 0.2) is 97.1 Å². The third-order valence-electron chi connectivity index (χ3n) is 9.55. The number of aromatic amines is 2. The number of nitrogens with zero attached hydrogens (tertiary/aromatic N) is 4. The van der Waals surface area contributed by atoms with E-state index in [-0.39, 0.29) is 18.1 Å². The fourth-order valence-corrected chi connectivity index (χ4v) is 6.98. The Morgan fingerprint density at radius 2 is 1.07 bits per heavy atom. The topological polar surface area (TPSA) is 101 Å². The van der Waals surface area contributed by atoms with Crippen LogP contribution in [0.1, 0.15) is 46.5 Å². The molecule has 4 aromatic carbocycles. The minimum atomic E-state index is -0.732. The molecule has 2 atom stereocenters. The van der Waals surface area contributed by atoms with Crippen molar-refractivity contribution in [3.8, 4) is 0 Å². The average Bonchev–Trinajstić information content (AvgIpc) is 3.65. The molecule has 3 heterocycles. The first kappa shape index (κ1) is 29.7. The zero-order valence-corrected chi connectivity index (χ0v) is 26.4. The Bertz CT molecular complexity index is 1810. The van der Waals surface area contributed by atoms with Crippen molar-refractivity contribution in [1.29, 1.82) is 0 Å². The van der Waals surface area contributed by atoms with E-state index in [2.05, 4.69) is 56.8 Å². The lowest BCUT2D eigenvalue weighted by Crippen LogP contribution is -2.65. The van der Waals surface area contributed by atoms with E-state index < -0.39 is 6.10 Å². The van der Waals surface area contributed by atoms with Crippen LogP contribution in [0.25, 0.3) is 21.8 Å². The van der Waals surface area contributed by atoms with Gasteiger partial charge < -0.3 is 14.9 Å². The average molecular weight is 613 g/mol. The van der Waals surface area contributed by atoms with E-state index in [1.165, 1.54) is 11.1 Å². The molecule has 1 fully saturated rings. The lowest BCUT2D eigenvalue weighted by Gasteiger charge is -2.49. The first-order chi connectivity index (χ1) is 22.4. The number of carbonyl (C=O) groups excluding carboxylic acids is 1. The van der Waals surface area contributed by atoms with Crippen LogP contribution in [0, 0.1) is 13.8 Å². The molecule has 1 aliphatic rings. The second-order valence-electron chi connectivity index (χ2n) is 12.6. The number of aromatic nitrogens is 4. The first-order valence-corrected chi connectivity index (χ1v) is 16.1. The molecule has 0 radical (unpaired) electrons. The van der Waals surface area contributed by atoms with Gasteiger partial charge in [0.2, 0.25) is 0 Å². The van der Waals surface area contributed by atoms with E-state index in [1.54, 1.807) is 0 Å². The number of amides is 2. The van der Waals surface area contributed by atoms with Crippen molar-refractivity contribution < 1.29 is 9.90 Å². The van der Waals surface area contributed by atoms with Crippen LogP contribution < -0.4 is 0 Å². The summed E-state index contributed by atoms with van der Waals surface area (Å²) < 4.78 is 0. The van der Waals surface area contributed by atoms with Gasteiger partial charge in [0, 0.05) is 35.2 Å². The van der Waals surface area contributed by atoms with E-state index in [1.807, 2.05) is 84.3 Å². The fraction of sp³-hybridized carbons (Fsp3) is 0.289. The highest BCUT2D eigenvalue weighted by molar-refractivity contribution is 5.83.